The van der Waals surface area contributed by atoms with Crippen molar-refractivity contribution >= 4 is 0 Å². The van der Waals surface area contributed by atoms with Crippen LogP contribution in [0.1, 0.15) is 6.92 Å². The zero-order valence-electron chi connectivity index (χ0n) is 11.9. The maximum atomic E-state index is 5.68. The van der Waals surface area contributed by atoms with Gasteiger partial charge in [-0.2, -0.15) is 0 Å². The van der Waals surface area contributed by atoms with Crippen molar-refractivity contribution in [2.45, 2.75) is 6.92 Å². The fraction of sp³-hybridized carbons (Fsp3) is 1.00. The highest BCUT2D eigenvalue weighted by Gasteiger charge is 2.09. The number of morpholine rings is 1. The van der Waals surface area contributed by atoms with Crippen LogP contribution in [-0.2, 0) is 14.2 Å². The van der Waals surface area contributed by atoms with Crippen molar-refractivity contribution in [1.29, 1.82) is 0 Å². The second kappa shape index (κ2) is 10.7. The van der Waals surface area contributed by atoms with E-state index in [-0.39, 0.29) is 0 Å². The van der Waals surface area contributed by atoms with Gasteiger partial charge in [0, 0.05) is 39.8 Å². The minimum Gasteiger partial charge on any atom is -0.383 e. The molecule has 5 nitrogen and oxygen atoms in total. The van der Waals surface area contributed by atoms with Crippen molar-refractivity contribution in [1.82, 2.24) is 9.80 Å². The van der Waals surface area contributed by atoms with Crippen LogP contribution >= 0.6 is 0 Å². The normalized spacial score (nSPS) is 17.5. The highest BCUT2D eigenvalue weighted by molar-refractivity contribution is 4.61. The van der Waals surface area contributed by atoms with E-state index in [1.165, 1.54) is 0 Å². The van der Waals surface area contributed by atoms with Crippen LogP contribution < -0.4 is 0 Å². The molecule has 0 aliphatic carbocycles. The number of nitrogens with zero attached hydrogens (tertiary/aromatic N) is 2. The summed E-state index contributed by atoms with van der Waals surface area (Å²) in [5, 5.41) is 0. The Morgan fingerprint density at radius 1 is 1.11 bits per heavy atom. The molecule has 0 amide bonds. The zero-order chi connectivity index (χ0) is 13.1. The molecule has 1 heterocycles. The quantitative estimate of drug-likeness (QED) is 0.528. The number of methoxy groups -OCH3 is 1. The summed E-state index contributed by atoms with van der Waals surface area (Å²) in [5.41, 5.74) is 0. The van der Waals surface area contributed by atoms with E-state index in [0.717, 1.165) is 72.3 Å². The summed E-state index contributed by atoms with van der Waals surface area (Å²) >= 11 is 0. The lowest BCUT2D eigenvalue weighted by molar-refractivity contribution is 0.0173. The molecule has 0 radical (unpaired) electrons. The molecule has 1 aliphatic heterocycles. The van der Waals surface area contributed by atoms with E-state index >= 15 is 0 Å². The Morgan fingerprint density at radius 3 is 2.50 bits per heavy atom. The minimum atomic E-state index is 0.793. The van der Waals surface area contributed by atoms with Crippen LogP contribution in [0.4, 0.5) is 0 Å². The van der Waals surface area contributed by atoms with Crippen molar-refractivity contribution in [2.75, 3.05) is 79.4 Å². The van der Waals surface area contributed by atoms with E-state index in [2.05, 4.69) is 16.7 Å². The number of hydrogen-bond acceptors (Lipinski definition) is 5. The first-order chi connectivity index (χ1) is 8.86. The van der Waals surface area contributed by atoms with E-state index < -0.39 is 0 Å². The molecular formula is C13H28N2O3. The molecule has 0 spiro atoms. The van der Waals surface area contributed by atoms with E-state index in [4.69, 9.17) is 14.2 Å². The standard InChI is InChI=1S/C13H28N2O3/c1-3-14(4-9-16-2)5-10-17-11-6-15-7-12-18-13-8-15/h3-13H2,1-2H3. The molecule has 0 aromatic carbocycles. The molecule has 108 valence electrons. The minimum absolute atomic E-state index is 0.793. The smallest absolute Gasteiger partial charge is 0.0594 e. The Bertz CT molecular complexity index is 187. The number of hydrogen-bond donors (Lipinski definition) is 0. The van der Waals surface area contributed by atoms with Gasteiger partial charge in [0.05, 0.1) is 33.0 Å². The van der Waals surface area contributed by atoms with Gasteiger partial charge >= 0.3 is 0 Å². The lowest BCUT2D eigenvalue weighted by atomic mass is 10.4. The van der Waals surface area contributed by atoms with Crippen LogP contribution in [0.2, 0.25) is 0 Å². The molecule has 1 rings (SSSR count). The molecule has 0 saturated carbocycles. The average Bonchev–Trinajstić information content (AvgIpc) is 2.43. The predicted molar refractivity (Wildman–Crippen MR) is 72.1 cm³/mol. The third-order valence-electron chi connectivity index (χ3n) is 3.27. The third kappa shape index (κ3) is 7.28. The van der Waals surface area contributed by atoms with Gasteiger partial charge in [0.15, 0.2) is 0 Å². The largest absolute Gasteiger partial charge is 0.383 e. The van der Waals surface area contributed by atoms with Crippen LogP contribution in [0.25, 0.3) is 0 Å². The van der Waals surface area contributed by atoms with Gasteiger partial charge in [-0.1, -0.05) is 6.92 Å². The monoisotopic (exact) mass is 260 g/mol. The highest BCUT2D eigenvalue weighted by Crippen LogP contribution is 1.96. The molecule has 0 aromatic rings. The first-order valence-corrected chi connectivity index (χ1v) is 6.96. The van der Waals surface area contributed by atoms with Gasteiger partial charge in [-0.15, -0.1) is 0 Å². The Morgan fingerprint density at radius 2 is 1.83 bits per heavy atom. The fourth-order valence-corrected chi connectivity index (χ4v) is 1.96. The first-order valence-electron chi connectivity index (χ1n) is 6.96. The summed E-state index contributed by atoms with van der Waals surface area (Å²) in [6.45, 7) is 12.4. The third-order valence-corrected chi connectivity index (χ3v) is 3.27. The van der Waals surface area contributed by atoms with E-state index in [1.807, 2.05) is 0 Å². The Balaban J connectivity index is 1.93. The second-order valence-corrected chi connectivity index (χ2v) is 4.49. The predicted octanol–water partition coefficient (Wildman–Crippen LogP) is 0.304. The van der Waals surface area contributed by atoms with Gasteiger partial charge in [-0.05, 0) is 6.54 Å². The van der Waals surface area contributed by atoms with E-state index in [0.29, 0.717) is 0 Å². The summed E-state index contributed by atoms with van der Waals surface area (Å²) in [6, 6.07) is 0. The maximum Gasteiger partial charge on any atom is 0.0594 e. The maximum absolute atomic E-state index is 5.68. The number of likely N-dealkylation sites (N-methyl/N-ethyl adjacent to an activating group) is 1. The van der Waals surface area contributed by atoms with E-state index in [1.54, 1.807) is 7.11 Å². The summed E-state index contributed by atoms with van der Waals surface area (Å²) in [7, 11) is 1.74. The molecule has 0 aromatic heterocycles. The van der Waals surface area contributed by atoms with Crippen LogP contribution in [0.5, 0.6) is 0 Å². The molecule has 0 unspecified atom stereocenters. The average molecular weight is 260 g/mol. The lowest BCUT2D eigenvalue weighted by Crippen LogP contribution is -2.38. The van der Waals surface area contributed by atoms with Gasteiger partial charge in [-0.25, -0.2) is 0 Å². The van der Waals surface area contributed by atoms with Crippen molar-refractivity contribution in [3.8, 4) is 0 Å². The summed E-state index contributed by atoms with van der Waals surface area (Å²) in [4.78, 5) is 4.74. The van der Waals surface area contributed by atoms with E-state index in [9.17, 15) is 0 Å². The first kappa shape index (κ1) is 15.9. The molecule has 0 bridgehead atoms. The molecule has 0 N–H and O–H groups in total. The van der Waals surface area contributed by atoms with Crippen LogP contribution in [-0.4, -0.2) is 89.2 Å². The van der Waals surface area contributed by atoms with Crippen molar-refractivity contribution in [3.63, 3.8) is 0 Å². The Kier molecular flexibility index (Phi) is 9.42. The Labute approximate surface area is 111 Å². The molecule has 5 heteroatoms. The zero-order valence-corrected chi connectivity index (χ0v) is 11.9. The van der Waals surface area contributed by atoms with Gasteiger partial charge in [-0.3, -0.25) is 9.80 Å². The summed E-state index contributed by atoms with van der Waals surface area (Å²) in [5.74, 6) is 0. The molecule has 18 heavy (non-hydrogen) atoms. The van der Waals surface area contributed by atoms with Gasteiger partial charge < -0.3 is 14.2 Å². The topological polar surface area (TPSA) is 34.2 Å². The lowest BCUT2D eigenvalue weighted by Gasteiger charge is -2.26. The fourth-order valence-electron chi connectivity index (χ4n) is 1.96. The second-order valence-electron chi connectivity index (χ2n) is 4.49. The van der Waals surface area contributed by atoms with Crippen molar-refractivity contribution in [2.24, 2.45) is 0 Å². The van der Waals surface area contributed by atoms with Crippen molar-refractivity contribution in [3.05, 3.63) is 0 Å². The van der Waals surface area contributed by atoms with Gasteiger partial charge in [0.1, 0.15) is 0 Å². The van der Waals surface area contributed by atoms with Crippen molar-refractivity contribution < 1.29 is 14.2 Å². The summed E-state index contributed by atoms with van der Waals surface area (Å²) in [6.07, 6.45) is 0. The molecule has 1 saturated heterocycles. The summed E-state index contributed by atoms with van der Waals surface area (Å²) < 4.78 is 16.1. The highest BCUT2D eigenvalue weighted by atomic mass is 16.5. The van der Waals surface area contributed by atoms with Crippen LogP contribution in [0.3, 0.4) is 0 Å². The molecule has 1 aliphatic rings. The SMILES string of the molecule is CCN(CCOC)CCOCCN1CCOCC1. The number of ether oxygens (including phenoxy) is 3. The van der Waals surface area contributed by atoms with Crippen LogP contribution in [0.15, 0.2) is 0 Å². The molecule has 1 fully saturated rings. The Hall–Kier alpha value is -0.200. The van der Waals surface area contributed by atoms with Crippen LogP contribution in [0, 0.1) is 0 Å². The van der Waals surface area contributed by atoms with Gasteiger partial charge in [0.2, 0.25) is 0 Å². The molecular weight excluding hydrogens is 232 g/mol. The molecule has 0 atom stereocenters. The number of rotatable bonds is 10. The van der Waals surface area contributed by atoms with Gasteiger partial charge in [0.25, 0.3) is 0 Å².